The fourth-order valence-electron chi connectivity index (χ4n) is 2.53. The van der Waals surface area contributed by atoms with Crippen LogP contribution < -0.4 is 5.32 Å². The number of carbonyl (C=O) groups is 3. The monoisotopic (exact) mass is 252 g/mol. The van der Waals surface area contributed by atoms with Gasteiger partial charge in [-0.1, -0.05) is 0 Å². The highest BCUT2D eigenvalue weighted by atomic mass is 16.4. The van der Waals surface area contributed by atoms with E-state index in [1.807, 2.05) is 0 Å². The molecule has 2 N–H and O–H groups in total. The molecule has 98 valence electrons. The topological polar surface area (TPSA) is 86.7 Å². The molecule has 0 atom stereocenters. The Kier molecular flexibility index (Phi) is 3.64. The highest BCUT2D eigenvalue weighted by molar-refractivity contribution is 6.12. The summed E-state index contributed by atoms with van der Waals surface area (Å²) < 4.78 is 0. The van der Waals surface area contributed by atoms with Crippen molar-refractivity contribution >= 4 is 17.9 Å². The minimum absolute atomic E-state index is 0.00172. The molecule has 1 fully saturated rings. The highest BCUT2D eigenvalue weighted by Gasteiger charge is 2.29. The second kappa shape index (κ2) is 5.20. The Morgan fingerprint density at radius 2 is 1.78 bits per heavy atom. The summed E-state index contributed by atoms with van der Waals surface area (Å²) in [4.78, 5) is 34.5. The minimum atomic E-state index is -0.993. The average molecular weight is 252 g/mol. The molecule has 0 bridgehead atoms. The van der Waals surface area contributed by atoms with Gasteiger partial charge < -0.3 is 10.4 Å². The second-order valence-electron chi connectivity index (χ2n) is 4.79. The lowest BCUT2D eigenvalue weighted by Gasteiger charge is -2.30. The van der Waals surface area contributed by atoms with Gasteiger partial charge in [0.15, 0.2) is 0 Å². The van der Waals surface area contributed by atoms with Gasteiger partial charge in [0.25, 0.3) is 11.8 Å². The smallest absolute Gasteiger partial charge is 0.404 e. The first-order chi connectivity index (χ1) is 8.56. The normalized spacial score (nSPS) is 27.7. The predicted molar refractivity (Wildman–Crippen MR) is 62.8 cm³/mol. The molecule has 1 aliphatic carbocycles. The van der Waals surface area contributed by atoms with Gasteiger partial charge in [0, 0.05) is 24.7 Å². The summed E-state index contributed by atoms with van der Waals surface area (Å²) in [6, 6.07) is 0.00172. The molecule has 1 heterocycles. The number of amides is 3. The maximum absolute atomic E-state index is 11.4. The quantitative estimate of drug-likeness (QED) is 0.725. The number of carbonyl (C=O) groups excluding carboxylic acids is 2. The van der Waals surface area contributed by atoms with E-state index in [1.165, 1.54) is 17.1 Å². The third kappa shape index (κ3) is 2.88. The maximum Gasteiger partial charge on any atom is 0.404 e. The van der Waals surface area contributed by atoms with Crippen LogP contribution in [0, 0.1) is 5.92 Å². The second-order valence-corrected chi connectivity index (χ2v) is 4.79. The summed E-state index contributed by atoms with van der Waals surface area (Å²) in [7, 11) is 0. The molecule has 1 aliphatic heterocycles. The van der Waals surface area contributed by atoms with Gasteiger partial charge in [0.2, 0.25) is 0 Å². The van der Waals surface area contributed by atoms with Crippen molar-refractivity contribution in [2.45, 2.75) is 31.7 Å². The van der Waals surface area contributed by atoms with E-state index in [0.29, 0.717) is 6.54 Å². The van der Waals surface area contributed by atoms with Gasteiger partial charge in [-0.3, -0.25) is 14.5 Å². The number of hydrogen-bond donors (Lipinski definition) is 2. The Bertz CT molecular complexity index is 379. The lowest BCUT2D eigenvalue weighted by atomic mass is 9.86. The molecule has 0 saturated heterocycles. The fourth-order valence-corrected chi connectivity index (χ4v) is 2.53. The van der Waals surface area contributed by atoms with Crippen LogP contribution in [0.15, 0.2) is 12.2 Å². The van der Waals surface area contributed by atoms with E-state index in [-0.39, 0.29) is 23.8 Å². The number of nitrogens with one attached hydrogen (secondary N) is 1. The van der Waals surface area contributed by atoms with Crippen molar-refractivity contribution in [1.82, 2.24) is 10.2 Å². The van der Waals surface area contributed by atoms with E-state index >= 15 is 0 Å². The van der Waals surface area contributed by atoms with E-state index in [4.69, 9.17) is 5.11 Å². The van der Waals surface area contributed by atoms with Gasteiger partial charge in [-0.25, -0.2) is 4.79 Å². The molecule has 0 aromatic heterocycles. The lowest BCUT2D eigenvalue weighted by molar-refractivity contribution is -0.137. The fraction of sp³-hybridized carbons (Fsp3) is 0.583. The summed E-state index contributed by atoms with van der Waals surface area (Å²) in [5, 5.41) is 11.1. The molecule has 3 amide bonds. The van der Waals surface area contributed by atoms with Gasteiger partial charge in [-0.05, 0) is 31.6 Å². The third-order valence-corrected chi connectivity index (χ3v) is 3.52. The molecule has 6 heteroatoms. The number of hydrogen-bond acceptors (Lipinski definition) is 3. The van der Waals surface area contributed by atoms with Crippen molar-refractivity contribution < 1.29 is 19.5 Å². The molecule has 0 aromatic rings. The van der Waals surface area contributed by atoms with E-state index in [1.54, 1.807) is 0 Å². The van der Waals surface area contributed by atoms with Crippen molar-refractivity contribution in [2.24, 2.45) is 5.92 Å². The van der Waals surface area contributed by atoms with E-state index < -0.39 is 6.09 Å². The largest absolute Gasteiger partial charge is 0.465 e. The average Bonchev–Trinajstić information content (AvgIpc) is 2.63. The zero-order valence-electron chi connectivity index (χ0n) is 9.96. The maximum atomic E-state index is 11.4. The molecular weight excluding hydrogens is 236 g/mol. The number of imide groups is 1. The Balaban J connectivity index is 1.79. The van der Waals surface area contributed by atoms with Gasteiger partial charge in [0.05, 0.1) is 0 Å². The van der Waals surface area contributed by atoms with Crippen LogP contribution in [-0.2, 0) is 9.59 Å². The number of carboxylic acid groups (broad SMARTS) is 1. The summed E-state index contributed by atoms with van der Waals surface area (Å²) in [5.74, 6) is -0.207. The summed E-state index contributed by atoms with van der Waals surface area (Å²) in [5.41, 5.74) is 0. The molecular formula is C12H16N2O4. The van der Waals surface area contributed by atoms with Crippen LogP contribution in [0.25, 0.3) is 0 Å². The van der Waals surface area contributed by atoms with Gasteiger partial charge >= 0.3 is 6.09 Å². The highest BCUT2D eigenvalue weighted by Crippen LogP contribution is 2.26. The summed E-state index contributed by atoms with van der Waals surface area (Å²) in [6.45, 7) is 0.449. The van der Waals surface area contributed by atoms with Crippen molar-refractivity contribution in [3.63, 3.8) is 0 Å². The zero-order valence-corrected chi connectivity index (χ0v) is 9.96. The molecule has 0 aromatic carbocycles. The summed E-state index contributed by atoms with van der Waals surface area (Å²) >= 11 is 0. The number of nitrogens with zero attached hydrogens (tertiary/aromatic N) is 1. The Morgan fingerprint density at radius 1 is 1.22 bits per heavy atom. The van der Waals surface area contributed by atoms with Crippen LogP contribution in [-0.4, -0.2) is 40.5 Å². The summed E-state index contributed by atoms with van der Waals surface area (Å²) in [6.07, 6.45) is 4.79. The molecule has 2 aliphatic rings. The first-order valence-corrected chi connectivity index (χ1v) is 6.09. The van der Waals surface area contributed by atoms with Crippen LogP contribution in [0.1, 0.15) is 25.7 Å². The third-order valence-electron chi connectivity index (χ3n) is 3.52. The van der Waals surface area contributed by atoms with Crippen LogP contribution in [0.5, 0.6) is 0 Å². The molecule has 1 saturated carbocycles. The van der Waals surface area contributed by atoms with Crippen molar-refractivity contribution in [1.29, 1.82) is 0 Å². The zero-order chi connectivity index (χ0) is 13.1. The van der Waals surface area contributed by atoms with Crippen LogP contribution in [0.2, 0.25) is 0 Å². The van der Waals surface area contributed by atoms with E-state index in [0.717, 1.165) is 25.7 Å². The molecule has 0 radical (unpaired) electrons. The van der Waals surface area contributed by atoms with Gasteiger partial charge in [0.1, 0.15) is 0 Å². The van der Waals surface area contributed by atoms with Gasteiger partial charge in [-0.15, -0.1) is 0 Å². The first-order valence-electron chi connectivity index (χ1n) is 6.09. The molecule has 18 heavy (non-hydrogen) atoms. The minimum Gasteiger partial charge on any atom is -0.465 e. The predicted octanol–water partition coefficient (Wildman–Crippen LogP) is 0.738. The Labute approximate surface area is 105 Å². The Hall–Kier alpha value is -1.85. The molecule has 0 spiro atoms. The van der Waals surface area contributed by atoms with Crippen LogP contribution in [0.3, 0.4) is 0 Å². The van der Waals surface area contributed by atoms with E-state index in [2.05, 4.69) is 5.32 Å². The van der Waals surface area contributed by atoms with Crippen molar-refractivity contribution in [3.8, 4) is 0 Å². The molecule has 6 nitrogen and oxygen atoms in total. The first kappa shape index (κ1) is 12.6. The lowest BCUT2D eigenvalue weighted by Crippen LogP contribution is -2.40. The SMILES string of the molecule is O=C(O)NC1CCC(CN2C(=O)C=CC2=O)CC1. The van der Waals surface area contributed by atoms with Gasteiger partial charge in [-0.2, -0.15) is 0 Å². The Morgan fingerprint density at radius 3 is 2.28 bits per heavy atom. The van der Waals surface area contributed by atoms with Crippen molar-refractivity contribution in [3.05, 3.63) is 12.2 Å². The standard InChI is InChI=1S/C12H16N2O4/c15-10-5-6-11(16)14(10)7-8-1-3-9(4-2-8)13-12(17)18/h5-6,8-9,13H,1-4,7H2,(H,17,18). The van der Waals surface area contributed by atoms with Crippen LogP contribution in [0.4, 0.5) is 4.79 Å². The molecule has 0 unspecified atom stereocenters. The van der Waals surface area contributed by atoms with Crippen LogP contribution >= 0.6 is 0 Å². The molecule has 2 rings (SSSR count). The van der Waals surface area contributed by atoms with E-state index in [9.17, 15) is 14.4 Å². The number of rotatable bonds is 3. The van der Waals surface area contributed by atoms with Crippen molar-refractivity contribution in [2.75, 3.05) is 6.54 Å².